The average molecular weight is 563 g/mol. The molecule has 1 rings (SSSR count). The Morgan fingerprint density at radius 1 is 1.07 bits per heavy atom. The summed E-state index contributed by atoms with van der Waals surface area (Å²) < 4.78 is 13.5. The lowest BCUT2D eigenvalue weighted by molar-refractivity contribution is -0.115. The number of rotatable bonds is 14. The standard InChI is InChI=1S/C29H50N2O3.C4H10.C2H6/c1-12-23(20-34-29(7,8)9)15-13-14-16-25(32)21(2)19-30-26-22(3)31(10)27(28(4,5)6)24(26)17-18-33-11;1-4(2)3;1-2/h19,23H,2,12-18,20H2,1,3-11H3;4H,1-3H3;1-2H3. The molecule has 5 nitrogen and oxygen atoms in total. The molecule has 0 bridgehead atoms. The zero-order valence-corrected chi connectivity index (χ0v) is 29.2. The van der Waals surface area contributed by atoms with Gasteiger partial charge in [0.2, 0.25) is 0 Å². The van der Waals surface area contributed by atoms with E-state index in [1.165, 1.54) is 11.3 Å². The SMILES string of the molecule is C=C(C=Nc1c(CCOC)c(C(C)(C)C)n(C)c1C)C(=O)CCCCC(CC)COC(C)(C)C.CC.CC(C)C. The highest BCUT2D eigenvalue weighted by atomic mass is 16.5. The summed E-state index contributed by atoms with van der Waals surface area (Å²) in [5.74, 6) is 1.45. The molecule has 0 saturated heterocycles. The molecule has 1 heterocycles. The van der Waals surface area contributed by atoms with Crippen molar-refractivity contribution in [3.8, 4) is 0 Å². The van der Waals surface area contributed by atoms with Gasteiger partial charge in [-0.3, -0.25) is 9.79 Å². The van der Waals surface area contributed by atoms with E-state index >= 15 is 0 Å². The van der Waals surface area contributed by atoms with Gasteiger partial charge in [0.15, 0.2) is 5.78 Å². The van der Waals surface area contributed by atoms with Gasteiger partial charge >= 0.3 is 0 Å². The van der Waals surface area contributed by atoms with Crippen LogP contribution < -0.4 is 0 Å². The first kappa shape index (κ1) is 40.4. The maximum absolute atomic E-state index is 12.7. The second kappa shape index (κ2) is 20.2. The third kappa shape index (κ3) is 16.5. The highest BCUT2D eigenvalue weighted by molar-refractivity contribution is 6.13. The van der Waals surface area contributed by atoms with E-state index in [0.717, 1.165) is 56.0 Å². The second-order valence-corrected chi connectivity index (χ2v) is 13.2. The van der Waals surface area contributed by atoms with Crippen LogP contribution in [0.3, 0.4) is 0 Å². The molecular formula is C35H66N2O3. The summed E-state index contributed by atoms with van der Waals surface area (Å²) >= 11 is 0. The van der Waals surface area contributed by atoms with Crippen LogP contribution in [0.2, 0.25) is 0 Å². The highest BCUT2D eigenvalue weighted by Crippen LogP contribution is 2.37. The largest absolute Gasteiger partial charge is 0.384 e. The van der Waals surface area contributed by atoms with Crippen molar-refractivity contribution in [2.24, 2.45) is 23.9 Å². The predicted octanol–water partition coefficient (Wildman–Crippen LogP) is 9.74. The van der Waals surface area contributed by atoms with Crippen LogP contribution in [-0.2, 0) is 33.2 Å². The van der Waals surface area contributed by atoms with Crippen molar-refractivity contribution in [3.63, 3.8) is 0 Å². The monoisotopic (exact) mass is 563 g/mol. The van der Waals surface area contributed by atoms with Crippen LogP contribution in [0.5, 0.6) is 0 Å². The molecule has 234 valence electrons. The molecule has 40 heavy (non-hydrogen) atoms. The van der Waals surface area contributed by atoms with Crippen LogP contribution in [-0.4, -0.2) is 42.5 Å². The van der Waals surface area contributed by atoms with Gasteiger partial charge in [0, 0.05) is 54.7 Å². The van der Waals surface area contributed by atoms with E-state index in [-0.39, 0.29) is 16.8 Å². The number of nitrogens with zero attached hydrogens (tertiary/aromatic N) is 2. The Labute approximate surface area is 249 Å². The van der Waals surface area contributed by atoms with Gasteiger partial charge in [0.1, 0.15) is 0 Å². The molecule has 0 radical (unpaired) electrons. The number of unbranched alkanes of at least 4 members (excludes halogenated alkanes) is 1. The average Bonchev–Trinajstić information content (AvgIpc) is 3.09. The van der Waals surface area contributed by atoms with Crippen molar-refractivity contribution in [1.82, 2.24) is 4.57 Å². The lowest BCUT2D eigenvalue weighted by Crippen LogP contribution is -2.23. The first-order valence-electron chi connectivity index (χ1n) is 15.5. The molecule has 0 aliphatic rings. The molecule has 0 N–H and O–H groups in total. The van der Waals surface area contributed by atoms with Crippen LogP contribution >= 0.6 is 0 Å². The molecule has 0 aromatic carbocycles. The number of ether oxygens (including phenoxy) is 2. The highest BCUT2D eigenvalue weighted by Gasteiger charge is 2.26. The van der Waals surface area contributed by atoms with Crippen molar-refractivity contribution < 1.29 is 14.3 Å². The van der Waals surface area contributed by atoms with Gasteiger partial charge in [0.05, 0.1) is 24.5 Å². The number of methoxy groups -OCH3 is 1. The van der Waals surface area contributed by atoms with E-state index in [1.807, 2.05) is 13.8 Å². The van der Waals surface area contributed by atoms with Crippen molar-refractivity contribution in [1.29, 1.82) is 0 Å². The summed E-state index contributed by atoms with van der Waals surface area (Å²) in [6, 6.07) is 0. The van der Waals surface area contributed by atoms with E-state index in [9.17, 15) is 4.79 Å². The molecule has 1 unspecified atom stereocenters. The van der Waals surface area contributed by atoms with Gasteiger partial charge in [-0.25, -0.2) is 0 Å². The summed E-state index contributed by atoms with van der Waals surface area (Å²) in [7, 11) is 3.80. The number of aliphatic imine (C=N–C) groups is 1. The molecule has 1 atom stereocenters. The molecule has 0 aliphatic carbocycles. The van der Waals surface area contributed by atoms with E-state index in [2.05, 4.69) is 94.4 Å². The number of aromatic nitrogens is 1. The fourth-order valence-electron chi connectivity index (χ4n) is 4.29. The predicted molar refractivity (Wildman–Crippen MR) is 177 cm³/mol. The Bertz CT molecular complexity index is 877. The van der Waals surface area contributed by atoms with Gasteiger partial charge < -0.3 is 14.0 Å². The minimum absolute atomic E-state index is 0.0164. The maximum Gasteiger partial charge on any atom is 0.163 e. The third-order valence-corrected chi connectivity index (χ3v) is 6.32. The van der Waals surface area contributed by atoms with Crippen molar-refractivity contribution in [2.45, 2.75) is 140 Å². The summed E-state index contributed by atoms with van der Waals surface area (Å²) in [5, 5.41) is 0. The number of carbonyl (C=O) groups excluding carboxylic acids is 1. The Kier molecular flexibility index (Phi) is 20.4. The lowest BCUT2D eigenvalue weighted by atomic mass is 9.88. The Morgan fingerprint density at radius 3 is 2.08 bits per heavy atom. The first-order chi connectivity index (χ1) is 18.5. The Balaban J connectivity index is 0. The number of allylic oxidation sites excluding steroid dienone is 1. The van der Waals surface area contributed by atoms with Crippen LogP contribution in [0.25, 0.3) is 0 Å². The van der Waals surface area contributed by atoms with Gasteiger partial charge in [-0.1, -0.05) is 81.7 Å². The normalized spacial score (nSPS) is 12.6. The van der Waals surface area contributed by atoms with Crippen LogP contribution in [0.1, 0.15) is 132 Å². The smallest absolute Gasteiger partial charge is 0.163 e. The topological polar surface area (TPSA) is 52.8 Å². The first-order valence-corrected chi connectivity index (χ1v) is 15.5. The van der Waals surface area contributed by atoms with Gasteiger partial charge in [-0.15, -0.1) is 0 Å². The lowest BCUT2D eigenvalue weighted by Gasteiger charge is -2.23. The van der Waals surface area contributed by atoms with Crippen LogP contribution in [0.4, 0.5) is 5.69 Å². The molecule has 0 spiro atoms. The van der Waals surface area contributed by atoms with Crippen LogP contribution in [0.15, 0.2) is 17.1 Å². The van der Waals surface area contributed by atoms with Crippen molar-refractivity contribution in [3.05, 3.63) is 29.1 Å². The van der Waals surface area contributed by atoms with E-state index < -0.39 is 0 Å². The molecular weight excluding hydrogens is 496 g/mol. The summed E-state index contributed by atoms with van der Waals surface area (Å²) in [5.41, 5.74) is 4.83. The van der Waals surface area contributed by atoms with Crippen molar-refractivity contribution >= 4 is 17.7 Å². The minimum atomic E-state index is -0.103. The zero-order valence-electron chi connectivity index (χ0n) is 29.2. The molecule has 0 fully saturated rings. The zero-order chi connectivity index (χ0) is 31.7. The van der Waals surface area contributed by atoms with Crippen molar-refractivity contribution in [2.75, 3.05) is 20.3 Å². The molecule has 1 aromatic rings. The minimum Gasteiger partial charge on any atom is -0.384 e. The fourth-order valence-corrected chi connectivity index (χ4v) is 4.29. The summed E-state index contributed by atoms with van der Waals surface area (Å²) in [6.45, 7) is 33.1. The molecule has 0 aliphatic heterocycles. The molecule has 5 heteroatoms. The quantitative estimate of drug-likeness (QED) is 0.129. The van der Waals surface area contributed by atoms with Crippen LogP contribution in [0, 0.1) is 18.8 Å². The Morgan fingerprint density at radius 2 is 1.62 bits per heavy atom. The number of carbonyl (C=O) groups is 1. The fraction of sp³-hybridized carbons (Fsp3) is 0.771. The molecule has 0 saturated carbocycles. The van der Waals surface area contributed by atoms with E-state index in [1.54, 1.807) is 13.3 Å². The van der Waals surface area contributed by atoms with E-state index in [0.29, 0.717) is 24.5 Å². The number of Topliss-reactive ketones (excluding diaryl/α,β-unsaturated/α-hetero) is 1. The summed E-state index contributed by atoms with van der Waals surface area (Å²) in [4.78, 5) is 17.4. The number of hydrogen-bond donors (Lipinski definition) is 0. The third-order valence-electron chi connectivity index (χ3n) is 6.32. The number of ketones is 1. The second-order valence-electron chi connectivity index (χ2n) is 13.2. The van der Waals surface area contributed by atoms with E-state index in [4.69, 9.17) is 14.5 Å². The maximum atomic E-state index is 12.7. The van der Waals surface area contributed by atoms with Gasteiger partial charge in [-0.05, 0) is 58.8 Å². The van der Waals surface area contributed by atoms with Gasteiger partial charge in [0.25, 0.3) is 0 Å². The summed E-state index contributed by atoms with van der Waals surface area (Å²) in [6.07, 6.45) is 7.03. The Hall–Kier alpha value is -1.72. The molecule has 0 amide bonds. The van der Waals surface area contributed by atoms with Gasteiger partial charge in [-0.2, -0.15) is 0 Å². The number of hydrogen-bond acceptors (Lipinski definition) is 4. The molecule has 1 aromatic heterocycles.